The molecule has 0 bridgehead atoms. The summed E-state index contributed by atoms with van der Waals surface area (Å²) >= 11 is 0. The van der Waals surface area contributed by atoms with Gasteiger partial charge in [0.25, 0.3) is 0 Å². The molecular formula is C18H14F2N2O2. The summed E-state index contributed by atoms with van der Waals surface area (Å²) in [4.78, 5) is 12.2. The first-order chi connectivity index (χ1) is 11.5. The number of benzene rings is 2. The summed E-state index contributed by atoms with van der Waals surface area (Å²) in [5, 5.41) is 16.3. The third kappa shape index (κ3) is 3.48. The molecule has 0 fully saturated rings. The zero-order valence-corrected chi connectivity index (χ0v) is 12.6. The maximum Gasteiger partial charge on any atom is 0.180 e. The third-order valence-electron chi connectivity index (χ3n) is 3.67. The zero-order valence-electron chi connectivity index (χ0n) is 12.6. The second-order valence-corrected chi connectivity index (χ2v) is 5.38. The van der Waals surface area contributed by atoms with E-state index in [0.717, 1.165) is 17.7 Å². The molecule has 0 aliphatic carbocycles. The van der Waals surface area contributed by atoms with E-state index in [4.69, 9.17) is 0 Å². The summed E-state index contributed by atoms with van der Waals surface area (Å²) < 4.78 is 26.1. The Balaban J connectivity index is 1.71. The fourth-order valence-electron chi connectivity index (χ4n) is 2.36. The number of nitrogens with one attached hydrogen (secondary N) is 1. The highest BCUT2D eigenvalue weighted by Crippen LogP contribution is 2.28. The van der Waals surface area contributed by atoms with Gasteiger partial charge in [0, 0.05) is 12.0 Å². The first-order valence-electron chi connectivity index (χ1n) is 7.35. The predicted molar refractivity (Wildman–Crippen MR) is 84.7 cm³/mol. The number of H-pyrrole nitrogens is 1. The van der Waals surface area contributed by atoms with E-state index in [0.29, 0.717) is 6.42 Å². The van der Waals surface area contributed by atoms with E-state index < -0.39 is 5.82 Å². The first-order valence-corrected chi connectivity index (χ1v) is 7.35. The van der Waals surface area contributed by atoms with Crippen molar-refractivity contribution in [3.8, 4) is 17.0 Å². The number of phenolic OH excluding ortho intramolecular Hbond substituents is 1. The zero-order chi connectivity index (χ0) is 17.1. The van der Waals surface area contributed by atoms with Crippen LogP contribution < -0.4 is 0 Å². The summed E-state index contributed by atoms with van der Waals surface area (Å²) in [6, 6.07) is 11.0. The van der Waals surface area contributed by atoms with Gasteiger partial charge in [-0.3, -0.25) is 9.89 Å². The standard InChI is InChI=1S/C18H14F2N2O2/c19-12-4-1-11(2-5-12)3-7-18(24)16-10-15(21-22-16)14-9-13(20)6-8-17(14)23/h1-2,4-6,8-10,23H,3,7H2,(H,21,22). The Morgan fingerprint density at radius 2 is 1.75 bits per heavy atom. The molecule has 3 aromatic rings. The molecule has 122 valence electrons. The van der Waals surface area contributed by atoms with Crippen molar-refractivity contribution in [2.24, 2.45) is 0 Å². The molecule has 1 aromatic heterocycles. The SMILES string of the molecule is O=C(CCc1ccc(F)cc1)c1cc(-c2cc(F)ccc2O)n[nH]1. The predicted octanol–water partition coefficient (Wildman–Crippen LogP) is 3.88. The number of ketones is 1. The minimum atomic E-state index is -0.505. The van der Waals surface area contributed by atoms with E-state index in [1.165, 1.54) is 24.3 Å². The number of phenols is 1. The van der Waals surface area contributed by atoms with Crippen LogP contribution in [-0.2, 0) is 6.42 Å². The van der Waals surface area contributed by atoms with Gasteiger partial charge in [-0.1, -0.05) is 12.1 Å². The number of hydrogen-bond donors (Lipinski definition) is 2. The lowest BCUT2D eigenvalue weighted by molar-refractivity contribution is 0.0978. The third-order valence-corrected chi connectivity index (χ3v) is 3.67. The second-order valence-electron chi connectivity index (χ2n) is 5.38. The number of halogens is 2. The molecule has 2 N–H and O–H groups in total. The van der Waals surface area contributed by atoms with Crippen molar-refractivity contribution >= 4 is 5.78 Å². The Morgan fingerprint density at radius 3 is 2.50 bits per heavy atom. The number of Topliss-reactive ketones (excluding diaryl/α,β-unsaturated/α-hetero) is 1. The van der Waals surface area contributed by atoms with Crippen LogP contribution >= 0.6 is 0 Å². The number of rotatable bonds is 5. The molecular weight excluding hydrogens is 314 g/mol. The fourth-order valence-corrected chi connectivity index (χ4v) is 2.36. The quantitative estimate of drug-likeness (QED) is 0.699. The van der Waals surface area contributed by atoms with Gasteiger partial charge in [0.15, 0.2) is 5.78 Å². The van der Waals surface area contributed by atoms with Crippen LogP contribution in [0.25, 0.3) is 11.3 Å². The molecule has 1 heterocycles. The Kier molecular flexibility index (Phi) is 4.37. The Labute approximate surface area is 136 Å². The van der Waals surface area contributed by atoms with Crippen molar-refractivity contribution in [1.29, 1.82) is 0 Å². The van der Waals surface area contributed by atoms with Crippen molar-refractivity contribution in [3.05, 3.63) is 71.4 Å². The normalized spacial score (nSPS) is 10.8. The highest BCUT2D eigenvalue weighted by atomic mass is 19.1. The molecule has 0 unspecified atom stereocenters. The van der Waals surface area contributed by atoms with Crippen LogP contribution in [-0.4, -0.2) is 21.1 Å². The van der Waals surface area contributed by atoms with Gasteiger partial charge in [-0.25, -0.2) is 8.78 Å². The van der Waals surface area contributed by atoms with Crippen molar-refractivity contribution < 1.29 is 18.7 Å². The number of nitrogens with zero attached hydrogens (tertiary/aromatic N) is 1. The number of aromatic nitrogens is 2. The minimum absolute atomic E-state index is 0.117. The van der Waals surface area contributed by atoms with Crippen molar-refractivity contribution in [2.75, 3.05) is 0 Å². The van der Waals surface area contributed by atoms with E-state index in [1.807, 2.05) is 0 Å². The van der Waals surface area contributed by atoms with Gasteiger partial charge < -0.3 is 5.11 Å². The number of aromatic hydroxyl groups is 1. The van der Waals surface area contributed by atoms with Gasteiger partial charge in [0.05, 0.1) is 5.69 Å². The number of carbonyl (C=O) groups is 1. The van der Waals surface area contributed by atoms with E-state index in [2.05, 4.69) is 10.2 Å². The van der Waals surface area contributed by atoms with Crippen LogP contribution in [0.3, 0.4) is 0 Å². The first kappa shape index (κ1) is 15.9. The lowest BCUT2D eigenvalue weighted by Crippen LogP contribution is -2.01. The topological polar surface area (TPSA) is 66.0 Å². The van der Waals surface area contributed by atoms with E-state index in [-0.39, 0.29) is 40.7 Å². The van der Waals surface area contributed by atoms with Gasteiger partial charge in [-0.2, -0.15) is 5.10 Å². The summed E-state index contributed by atoms with van der Waals surface area (Å²) in [6.07, 6.45) is 0.696. The number of carbonyl (C=O) groups excluding carboxylic acids is 1. The molecule has 0 aliphatic heterocycles. The van der Waals surface area contributed by atoms with Crippen molar-refractivity contribution in [1.82, 2.24) is 10.2 Å². The fraction of sp³-hybridized carbons (Fsp3) is 0.111. The van der Waals surface area contributed by atoms with Crippen molar-refractivity contribution in [2.45, 2.75) is 12.8 Å². The van der Waals surface area contributed by atoms with Crippen LogP contribution in [0.15, 0.2) is 48.5 Å². The monoisotopic (exact) mass is 328 g/mol. The smallest absolute Gasteiger partial charge is 0.180 e. The van der Waals surface area contributed by atoms with E-state index in [9.17, 15) is 18.7 Å². The maximum absolute atomic E-state index is 13.3. The van der Waals surface area contributed by atoms with E-state index >= 15 is 0 Å². The van der Waals surface area contributed by atoms with Crippen LogP contribution in [0, 0.1) is 11.6 Å². The molecule has 0 saturated carbocycles. The summed E-state index contributed by atoms with van der Waals surface area (Å²) in [5.41, 5.74) is 1.63. The molecule has 0 spiro atoms. The average molecular weight is 328 g/mol. The number of hydrogen-bond acceptors (Lipinski definition) is 3. The molecule has 0 radical (unpaired) electrons. The number of aromatic amines is 1. The van der Waals surface area contributed by atoms with Gasteiger partial charge in [0.2, 0.25) is 0 Å². The summed E-state index contributed by atoms with van der Waals surface area (Å²) in [5.74, 6) is -1.12. The van der Waals surface area contributed by atoms with Crippen molar-refractivity contribution in [3.63, 3.8) is 0 Å². The number of aryl methyl sites for hydroxylation is 1. The van der Waals surface area contributed by atoms with Crippen LogP contribution in [0.1, 0.15) is 22.5 Å². The van der Waals surface area contributed by atoms with E-state index in [1.54, 1.807) is 12.1 Å². The Morgan fingerprint density at radius 1 is 1.04 bits per heavy atom. The molecule has 0 atom stereocenters. The average Bonchev–Trinajstić information content (AvgIpc) is 3.06. The van der Waals surface area contributed by atoms with Crippen LogP contribution in [0.5, 0.6) is 5.75 Å². The molecule has 3 rings (SSSR count). The Bertz CT molecular complexity index is 873. The van der Waals surface area contributed by atoms with Gasteiger partial charge in [0.1, 0.15) is 23.1 Å². The molecule has 2 aromatic carbocycles. The maximum atomic E-state index is 13.3. The highest BCUT2D eigenvalue weighted by Gasteiger charge is 2.14. The van der Waals surface area contributed by atoms with Gasteiger partial charge in [-0.05, 0) is 48.4 Å². The molecule has 4 nitrogen and oxygen atoms in total. The lowest BCUT2D eigenvalue weighted by Gasteiger charge is -2.00. The highest BCUT2D eigenvalue weighted by molar-refractivity contribution is 5.95. The van der Waals surface area contributed by atoms with Gasteiger partial charge in [-0.15, -0.1) is 0 Å². The molecule has 0 saturated heterocycles. The summed E-state index contributed by atoms with van der Waals surface area (Å²) in [7, 11) is 0. The second kappa shape index (κ2) is 6.62. The molecule has 0 amide bonds. The largest absolute Gasteiger partial charge is 0.507 e. The molecule has 6 heteroatoms. The van der Waals surface area contributed by atoms with Crippen LogP contribution in [0.2, 0.25) is 0 Å². The van der Waals surface area contributed by atoms with Crippen LogP contribution in [0.4, 0.5) is 8.78 Å². The lowest BCUT2D eigenvalue weighted by atomic mass is 10.1. The van der Waals surface area contributed by atoms with Gasteiger partial charge >= 0.3 is 0 Å². The summed E-state index contributed by atoms with van der Waals surface area (Å²) in [6.45, 7) is 0. The Hall–Kier alpha value is -3.02. The molecule has 24 heavy (non-hydrogen) atoms. The minimum Gasteiger partial charge on any atom is -0.507 e. The molecule has 0 aliphatic rings.